The Labute approximate surface area is 85.6 Å². The zero-order valence-electron chi connectivity index (χ0n) is 7.16. The number of benzene rings is 1. The summed E-state index contributed by atoms with van der Waals surface area (Å²) < 4.78 is 0.993. The van der Waals surface area contributed by atoms with Gasteiger partial charge in [0.25, 0.3) is 0 Å². The fourth-order valence-electron chi connectivity index (χ4n) is 1.39. The number of rotatable bonds is 1. The Morgan fingerprint density at radius 1 is 1.46 bits per heavy atom. The lowest BCUT2D eigenvalue weighted by Gasteiger charge is -2.17. The van der Waals surface area contributed by atoms with Gasteiger partial charge < -0.3 is 5.73 Å². The third-order valence-corrected chi connectivity index (χ3v) is 2.50. The fourth-order valence-corrected chi connectivity index (χ4v) is 1.77. The fraction of sp³-hybridized carbons (Fsp3) is 0.333. The van der Waals surface area contributed by atoms with Crippen molar-refractivity contribution < 1.29 is 4.84 Å². The minimum Gasteiger partial charge on any atom is -0.397 e. The second-order valence-corrected chi connectivity index (χ2v) is 3.91. The van der Waals surface area contributed by atoms with Crippen LogP contribution >= 0.6 is 15.9 Å². The van der Waals surface area contributed by atoms with Crippen molar-refractivity contribution in [2.75, 3.05) is 23.9 Å². The van der Waals surface area contributed by atoms with Crippen LogP contribution in [0.15, 0.2) is 22.7 Å². The first-order valence-corrected chi connectivity index (χ1v) is 5.02. The number of halogens is 1. The van der Waals surface area contributed by atoms with Crippen LogP contribution in [0.3, 0.4) is 0 Å². The first-order valence-electron chi connectivity index (χ1n) is 4.23. The molecule has 0 spiro atoms. The van der Waals surface area contributed by atoms with E-state index in [0.29, 0.717) is 0 Å². The Morgan fingerprint density at radius 2 is 2.31 bits per heavy atom. The summed E-state index contributed by atoms with van der Waals surface area (Å²) in [6, 6.07) is 5.81. The number of hydrogen-bond donors (Lipinski definition) is 1. The van der Waals surface area contributed by atoms with E-state index < -0.39 is 0 Å². The third-order valence-electron chi connectivity index (χ3n) is 2.01. The van der Waals surface area contributed by atoms with Gasteiger partial charge in [-0.3, -0.25) is 9.90 Å². The van der Waals surface area contributed by atoms with Crippen LogP contribution in [0.25, 0.3) is 0 Å². The van der Waals surface area contributed by atoms with Gasteiger partial charge >= 0.3 is 0 Å². The van der Waals surface area contributed by atoms with Crippen LogP contribution < -0.4 is 10.8 Å². The van der Waals surface area contributed by atoms with Gasteiger partial charge in [0.15, 0.2) is 0 Å². The molecule has 1 fully saturated rings. The van der Waals surface area contributed by atoms with Gasteiger partial charge in [-0.2, -0.15) is 0 Å². The van der Waals surface area contributed by atoms with E-state index in [9.17, 15) is 0 Å². The lowest BCUT2D eigenvalue weighted by atomic mass is 10.2. The minimum atomic E-state index is 0.747. The predicted octanol–water partition coefficient (Wildman–Crippen LogP) is 2.17. The van der Waals surface area contributed by atoms with Crippen LogP contribution in [0.5, 0.6) is 0 Å². The van der Waals surface area contributed by atoms with Crippen LogP contribution in [0.4, 0.5) is 11.4 Å². The molecule has 0 aliphatic carbocycles. The molecule has 1 aliphatic rings. The summed E-state index contributed by atoms with van der Waals surface area (Å²) in [5.74, 6) is 0. The van der Waals surface area contributed by atoms with E-state index >= 15 is 0 Å². The maximum Gasteiger partial charge on any atom is 0.0866 e. The zero-order valence-corrected chi connectivity index (χ0v) is 8.75. The van der Waals surface area contributed by atoms with Gasteiger partial charge in [-0.05, 0) is 24.6 Å². The molecule has 3 nitrogen and oxygen atoms in total. The number of anilines is 2. The number of nitrogen functional groups attached to an aromatic ring is 1. The first-order chi connectivity index (χ1) is 6.27. The molecular weight excluding hydrogens is 232 g/mol. The SMILES string of the molecule is Nc1cc(Br)ccc1N1CCCO1. The van der Waals surface area contributed by atoms with E-state index in [0.717, 1.165) is 35.4 Å². The van der Waals surface area contributed by atoms with Gasteiger partial charge in [-0.25, -0.2) is 0 Å². The van der Waals surface area contributed by atoms with Crippen LogP contribution in [-0.2, 0) is 4.84 Å². The molecule has 0 unspecified atom stereocenters. The van der Waals surface area contributed by atoms with Crippen LogP contribution in [0, 0.1) is 0 Å². The standard InChI is InChI=1S/C9H11BrN2O/c10-7-2-3-9(8(11)6-7)12-4-1-5-13-12/h2-3,6H,1,4-5,11H2. The van der Waals surface area contributed by atoms with Gasteiger partial charge in [0.1, 0.15) is 0 Å². The lowest BCUT2D eigenvalue weighted by molar-refractivity contribution is 0.168. The van der Waals surface area contributed by atoms with E-state index in [4.69, 9.17) is 10.6 Å². The highest BCUT2D eigenvalue weighted by atomic mass is 79.9. The Kier molecular flexibility index (Phi) is 2.42. The molecule has 1 aromatic carbocycles. The molecule has 2 N–H and O–H groups in total. The molecule has 0 saturated carbocycles. The molecule has 70 valence electrons. The molecule has 0 radical (unpaired) electrons. The average Bonchev–Trinajstić information content (AvgIpc) is 2.56. The molecular formula is C9H11BrN2O. The van der Waals surface area contributed by atoms with E-state index in [1.54, 1.807) is 0 Å². The molecule has 0 bridgehead atoms. The highest BCUT2D eigenvalue weighted by Crippen LogP contribution is 2.28. The third kappa shape index (κ3) is 1.78. The average molecular weight is 243 g/mol. The quantitative estimate of drug-likeness (QED) is 0.768. The van der Waals surface area contributed by atoms with Crippen LogP contribution in [0.2, 0.25) is 0 Å². The Morgan fingerprint density at radius 3 is 2.92 bits per heavy atom. The minimum absolute atomic E-state index is 0.747. The lowest BCUT2D eigenvalue weighted by Crippen LogP contribution is -2.17. The van der Waals surface area contributed by atoms with Gasteiger partial charge in [0.05, 0.1) is 18.0 Å². The highest BCUT2D eigenvalue weighted by Gasteiger charge is 2.15. The normalized spacial score (nSPS) is 16.5. The molecule has 1 saturated heterocycles. The van der Waals surface area contributed by atoms with Crippen molar-refractivity contribution in [1.82, 2.24) is 0 Å². The monoisotopic (exact) mass is 242 g/mol. The first kappa shape index (κ1) is 8.84. The summed E-state index contributed by atoms with van der Waals surface area (Å²) in [5.41, 5.74) is 7.56. The predicted molar refractivity (Wildman–Crippen MR) is 56.5 cm³/mol. The van der Waals surface area contributed by atoms with E-state index in [1.165, 1.54) is 0 Å². The molecule has 13 heavy (non-hydrogen) atoms. The second-order valence-electron chi connectivity index (χ2n) is 2.99. The van der Waals surface area contributed by atoms with Crippen molar-refractivity contribution in [3.8, 4) is 0 Å². The molecule has 0 amide bonds. The molecule has 1 heterocycles. The number of nitrogens with two attached hydrogens (primary N) is 1. The van der Waals surface area contributed by atoms with Crippen LogP contribution in [-0.4, -0.2) is 13.2 Å². The van der Waals surface area contributed by atoms with Gasteiger partial charge in [-0.15, -0.1) is 0 Å². The van der Waals surface area contributed by atoms with E-state index in [2.05, 4.69) is 15.9 Å². The maximum atomic E-state index is 5.85. The van der Waals surface area contributed by atoms with Crippen molar-refractivity contribution >= 4 is 27.3 Å². The second kappa shape index (κ2) is 3.55. The summed E-state index contributed by atoms with van der Waals surface area (Å²) in [4.78, 5) is 5.40. The van der Waals surface area contributed by atoms with Crippen LogP contribution in [0.1, 0.15) is 6.42 Å². The molecule has 1 aliphatic heterocycles. The van der Waals surface area contributed by atoms with Crippen molar-refractivity contribution in [3.63, 3.8) is 0 Å². The molecule has 0 aromatic heterocycles. The van der Waals surface area contributed by atoms with Crippen molar-refractivity contribution in [2.45, 2.75) is 6.42 Å². The van der Waals surface area contributed by atoms with Gasteiger partial charge in [0, 0.05) is 11.0 Å². The molecule has 1 aromatic rings. The summed E-state index contributed by atoms with van der Waals surface area (Å²) in [7, 11) is 0. The number of hydroxylamine groups is 1. The van der Waals surface area contributed by atoms with E-state index in [1.807, 2.05) is 23.3 Å². The topological polar surface area (TPSA) is 38.5 Å². The van der Waals surface area contributed by atoms with Crippen molar-refractivity contribution in [3.05, 3.63) is 22.7 Å². The zero-order chi connectivity index (χ0) is 9.26. The number of hydrogen-bond acceptors (Lipinski definition) is 3. The van der Waals surface area contributed by atoms with Gasteiger partial charge in [-0.1, -0.05) is 15.9 Å². The Bertz CT molecular complexity index is 310. The highest BCUT2D eigenvalue weighted by molar-refractivity contribution is 9.10. The van der Waals surface area contributed by atoms with Crippen molar-refractivity contribution in [2.24, 2.45) is 0 Å². The smallest absolute Gasteiger partial charge is 0.0866 e. The van der Waals surface area contributed by atoms with E-state index in [-0.39, 0.29) is 0 Å². The van der Waals surface area contributed by atoms with Gasteiger partial charge in [0.2, 0.25) is 0 Å². The molecule has 2 rings (SSSR count). The van der Waals surface area contributed by atoms with Crippen molar-refractivity contribution in [1.29, 1.82) is 0 Å². The summed E-state index contributed by atoms with van der Waals surface area (Å²) >= 11 is 3.37. The molecule has 4 heteroatoms. The maximum absolute atomic E-state index is 5.85. The Hall–Kier alpha value is -0.740. The largest absolute Gasteiger partial charge is 0.397 e. The Balaban J connectivity index is 2.29. The summed E-state index contributed by atoms with van der Waals surface area (Å²) in [6.45, 7) is 1.71. The number of nitrogens with zero attached hydrogens (tertiary/aromatic N) is 1. The molecule has 0 atom stereocenters. The summed E-state index contributed by atoms with van der Waals surface area (Å²) in [5, 5.41) is 1.85. The summed E-state index contributed by atoms with van der Waals surface area (Å²) in [6.07, 6.45) is 1.06.